The zero-order valence-electron chi connectivity index (χ0n) is 29.1. The fourth-order valence-corrected chi connectivity index (χ4v) is 5.00. The molecule has 0 spiro atoms. The number of aromatic nitrogens is 5. The Morgan fingerprint density at radius 1 is 0.630 bits per heavy atom. The molecular formula is C41H36ClF4N6ORu. The molecule has 0 atom stereocenters. The molecule has 1 radical (unpaired) electrons. The van der Waals surface area contributed by atoms with Crippen molar-refractivity contribution in [3.63, 3.8) is 0 Å². The van der Waals surface area contributed by atoms with Gasteiger partial charge in [0.05, 0.1) is 40.6 Å². The number of aliphatic imine (C=N–C) groups is 1. The predicted octanol–water partition coefficient (Wildman–Crippen LogP) is 10.3. The van der Waals surface area contributed by atoms with E-state index in [2.05, 4.69) is 29.9 Å². The molecule has 0 unspecified atom stereocenters. The summed E-state index contributed by atoms with van der Waals surface area (Å²) in [6.07, 6.45) is 16.2. The van der Waals surface area contributed by atoms with Crippen molar-refractivity contribution in [3.05, 3.63) is 168 Å². The molecule has 279 valence electrons. The number of nitrogens with zero attached hydrogens (tertiary/aromatic N) is 6. The first-order valence-corrected chi connectivity index (χ1v) is 16.7. The third-order valence-corrected chi connectivity index (χ3v) is 7.52. The summed E-state index contributed by atoms with van der Waals surface area (Å²) < 4.78 is 63.8. The van der Waals surface area contributed by atoms with E-state index in [9.17, 15) is 17.6 Å². The molecule has 0 saturated heterocycles. The van der Waals surface area contributed by atoms with Crippen LogP contribution in [0.3, 0.4) is 0 Å². The first-order valence-electron chi connectivity index (χ1n) is 16.7. The minimum absolute atomic E-state index is 0. The minimum atomic E-state index is -1.57. The summed E-state index contributed by atoms with van der Waals surface area (Å²) in [5.41, 5.74) is 2.99. The fraction of sp³-hybridized carbons (Fsp3) is 0.146. The number of unbranched alkanes of at least 4 members (excludes halogenated alkanes) is 3. The number of benzene rings is 1. The van der Waals surface area contributed by atoms with Crippen molar-refractivity contribution in [2.24, 2.45) is 4.99 Å². The Balaban J connectivity index is 0.000000248. The second-order valence-electron chi connectivity index (χ2n) is 11.1. The van der Waals surface area contributed by atoms with Crippen LogP contribution in [0.4, 0.5) is 17.6 Å². The van der Waals surface area contributed by atoms with Gasteiger partial charge in [-0.1, -0.05) is 62.6 Å². The third-order valence-electron chi connectivity index (χ3n) is 7.52. The first-order chi connectivity index (χ1) is 25.5. The molecule has 7 nitrogen and oxygen atoms in total. The van der Waals surface area contributed by atoms with Gasteiger partial charge in [0.15, 0.2) is 17.4 Å². The number of pyridine rings is 4. The van der Waals surface area contributed by atoms with E-state index in [0.717, 1.165) is 42.0 Å². The smallest absolute Gasteiger partial charge is 0.664 e. The van der Waals surface area contributed by atoms with Crippen LogP contribution >= 0.6 is 12.4 Å². The van der Waals surface area contributed by atoms with Crippen molar-refractivity contribution >= 4 is 24.2 Å². The molecule has 54 heavy (non-hydrogen) atoms. The molecule has 0 amide bonds. The van der Waals surface area contributed by atoms with Crippen LogP contribution in [0.5, 0.6) is 5.75 Å². The maximum atomic E-state index is 14.8. The van der Waals surface area contributed by atoms with E-state index in [1.165, 1.54) is 24.6 Å². The van der Waals surface area contributed by atoms with Gasteiger partial charge in [0.1, 0.15) is 0 Å². The summed E-state index contributed by atoms with van der Waals surface area (Å²) in [4.78, 5) is 24.8. The Kier molecular flexibility index (Phi) is 18.1. The Labute approximate surface area is 330 Å². The van der Waals surface area contributed by atoms with Crippen molar-refractivity contribution in [3.8, 4) is 28.5 Å². The summed E-state index contributed by atoms with van der Waals surface area (Å²) in [6.45, 7) is 1.98. The Morgan fingerprint density at radius 3 is 1.50 bits per heavy atom. The molecule has 0 N–H and O–H groups in total. The Bertz CT molecular complexity index is 1900. The van der Waals surface area contributed by atoms with Crippen molar-refractivity contribution in [1.29, 1.82) is 0 Å². The van der Waals surface area contributed by atoms with Crippen LogP contribution in [0.1, 0.15) is 43.9 Å². The standard InChI is InChI=1S/C21H19F4N2O.2C10H8N2.ClH.Ru/c1-2-3-4-5-12-28-21-19(24)17(22)16(18(23)20(21)25)15(13-8-6-10-26-13)14-9-7-11-27-14;2*1-3-7-11-9(5-1)10-6-2-4-8-12-10;;/h6-11H,2-5,12H2,1H3;2*1-8H;1H;/q-1;;;;+1. The molecule has 0 saturated carbocycles. The van der Waals surface area contributed by atoms with Gasteiger partial charge < -0.3 is 9.72 Å². The minimum Gasteiger partial charge on any atom is -0.664 e. The molecule has 1 aliphatic rings. The van der Waals surface area contributed by atoms with Gasteiger partial charge in [0.2, 0.25) is 11.6 Å². The molecule has 5 aromatic heterocycles. The van der Waals surface area contributed by atoms with Gasteiger partial charge in [-0.3, -0.25) is 24.9 Å². The number of rotatable bonds is 10. The van der Waals surface area contributed by atoms with Gasteiger partial charge in [0.25, 0.3) is 0 Å². The number of halogens is 5. The molecule has 7 rings (SSSR count). The zero-order chi connectivity index (χ0) is 36.5. The van der Waals surface area contributed by atoms with Gasteiger partial charge in [-0.25, -0.2) is 8.78 Å². The molecule has 1 aliphatic heterocycles. The summed E-state index contributed by atoms with van der Waals surface area (Å²) in [5, 5.41) is 0. The number of hydrogen-bond donors (Lipinski definition) is 0. The number of allylic oxidation sites excluding steroid dienone is 2. The van der Waals surface area contributed by atoms with Crippen LogP contribution in [-0.2, 0) is 19.5 Å². The van der Waals surface area contributed by atoms with Crippen LogP contribution in [-0.4, -0.2) is 32.8 Å². The Hall–Kier alpha value is -5.32. The van der Waals surface area contributed by atoms with E-state index >= 15 is 0 Å². The van der Waals surface area contributed by atoms with Crippen molar-refractivity contribution in [1.82, 2.24) is 24.9 Å². The van der Waals surface area contributed by atoms with Crippen LogP contribution < -0.4 is 9.72 Å². The molecular weight excluding hydrogens is 805 g/mol. The third kappa shape index (κ3) is 11.6. The second-order valence-corrected chi connectivity index (χ2v) is 11.1. The summed E-state index contributed by atoms with van der Waals surface area (Å²) >= 11 is 0. The maximum absolute atomic E-state index is 14.8. The van der Waals surface area contributed by atoms with E-state index in [0.29, 0.717) is 6.42 Å². The average molecular weight is 841 g/mol. The second kappa shape index (κ2) is 22.7. The zero-order valence-corrected chi connectivity index (χ0v) is 31.7. The van der Waals surface area contributed by atoms with Gasteiger partial charge in [-0.15, -0.1) is 18.1 Å². The SMILES string of the molecule is CCCCCCOc1c(F)c(F)c(C(=C2C=CC=N2)c2ccc[n-]2)c(F)c1F.Cl.[Ru+].c1ccc(-c2ccccn2)nc1.c1ccc(-c2ccccn2)nc1. The van der Waals surface area contributed by atoms with E-state index < -0.39 is 34.6 Å². The van der Waals surface area contributed by atoms with Crippen molar-refractivity contribution < 1.29 is 41.8 Å². The van der Waals surface area contributed by atoms with Gasteiger partial charge in [-0.05, 0) is 72.7 Å². The number of ether oxygens (including phenoxy) is 1. The number of hydrogen-bond acceptors (Lipinski definition) is 6. The van der Waals surface area contributed by atoms with E-state index in [1.54, 1.807) is 36.9 Å². The molecule has 0 aliphatic carbocycles. The van der Waals surface area contributed by atoms with E-state index in [-0.39, 0.29) is 55.5 Å². The molecule has 0 fully saturated rings. The fourth-order valence-electron chi connectivity index (χ4n) is 5.00. The average Bonchev–Trinajstić information content (AvgIpc) is 3.95. The molecule has 0 bridgehead atoms. The molecule has 6 aromatic rings. The first kappa shape index (κ1) is 43.1. The van der Waals surface area contributed by atoms with E-state index in [4.69, 9.17) is 4.74 Å². The molecule has 1 aromatic carbocycles. The van der Waals surface area contributed by atoms with Crippen LogP contribution in [0.15, 0.2) is 139 Å². The van der Waals surface area contributed by atoms with Gasteiger partial charge in [-0.2, -0.15) is 15.0 Å². The normalized spacial score (nSPS) is 11.9. The molecule has 6 heterocycles. The summed E-state index contributed by atoms with van der Waals surface area (Å²) in [5.74, 6) is -7.26. The van der Waals surface area contributed by atoms with Crippen molar-refractivity contribution in [2.75, 3.05) is 6.61 Å². The van der Waals surface area contributed by atoms with Gasteiger partial charge in [0, 0.05) is 31.0 Å². The van der Waals surface area contributed by atoms with Crippen LogP contribution in [0.2, 0.25) is 0 Å². The summed E-state index contributed by atoms with van der Waals surface area (Å²) in [7, 11) is 0. The van der Waals surface area contributed by atoms with Crippen molar-refractivity contribution in [2.45, 2.75) is 32.6 Å². The van der Waals surface area contributed by atoms with Crippen LogP contribution in [0, 0.1) is 23.3 Å². The maximum Gasteiger partial charge on any atom is 1.00 e. The molecule has 13 heteroatoms. The summed E-state index contributed by atoms with van der Waals surface area (Å²) in [6, 6.07) is 26.2. The monoisotopic (exact) mass is 841 g/mol. The quantitative estimate of drug-likeness (QED) is 0.0591. The topological polar surface area (TPSA) is 87.2 Å². The van der Waals surface area contributed by atoms with E-state index in [1.807, 2.05) is 79.7 Å². The van der Waals surface area contributed by atoms with Gasteiger partial charge >= 0.3 is 19.5 Å². The van der Waals surface area contributed by atoms with Crippen LogP contribution in [0.25, 0.3) is 28.3 Å². The Morgan fingerprint density at radius 2 is 1.13 bits per heavy atom. The largest absolute Gasteiger partial charge is 1.00 e. The predicted molar refractivity (Wildman–Crippen MR) is 202 cm³/mol.